The van der Waals surface area contributed by atoms with Crippen molar-refractivity contribution in [1.29, 1.82) is 0 Å². The molecule has 1 aliphatic carbocycles. The van der Waals surface area contributed by atoms with Crippen molar-refractivity contribution in [3.05, 3.63) is 210 Å². The van der Waals surface area contributed by atoms with Gasteiger partial charge < -0.3 is 13.9 Å². The molecule has 272 valence electrons. The zero-order valence-corrected chi connectivity index (χ0v) is 31.0. The minimum atomic E-state index is -0.655. The number of hydrogen-bond acceptors (Lipinski definition) is 6. The van der Waals surface area contributed by atoms with Gasteiger partial charge in [-0.05, 0) is 69.8 Å². The fourth-order valence-electron chi connectivity index (χ4n) is 8.92. The van der Waals surface area contributed by atoms with Gasteiger partial charge in [0.25, 0.3) is 0 Å². The van der Waals surface area contributed by atoms with Crippen molar-refractivity contribution in [3.63, 3.8) is 0 Å². The summed E-state index contributed by atoms with van der Waals surface area (Å²) in [4.78, 5) is 15.3. The second kappa shape index (κ2) is 12.6. The molecule has 58 heavy (non-hydrogen) atoms. The van der Waals surface area contributed by atoms with Gasteiger partial charge in [0.1, 0.15) is 11.2 Å². The molecule has 2 aromatic heterocycles. The van der Waals surface area contributed by atoms with Crippen LogP contribution in [-0.4, -0.2) is 15.0 Å². The highest BCUT2D eigenvalue weighted by molar-refractivity contribution is 6.09. The third-order valence-electron chi connectivity index (χ3n) is 11.5. The fourth-order valence-corrected chi connectivity index (χ4v) is 8.92. The van der Waals surface area contributed by atoms with Crippen molar-refractivity contribution in [3.8, 4) is 68.3 Å². The lowest BCUT2D eigenvalue weighted by Crippen LogP contribution is -2.28. The third-order valence-corrected chi connectivity index (χ3v) is 11.5. The predicted molar refractivity (Wildman–Crippen MR) is 227 cm³/mol. The molecule has 3 heterocycles. The van der Waals surface area contributed by atoms with Crippen molar-refractivity contribution in [2.75, 3.05) is 0 Å². The number of ether oxygens (including phenoxy) is 2. The number of fused-ring (bicyclic) bond motifs is 8. The van der Waals surface area contributed by atoms with E-state index in [1.807, 2.05) is 91.0 Å². The molecule has 0 bridgehead atoms. The van der Waals surface area contributed by atoms with Crippen LogP contribution < -0.4 is 9.47 Å². The van der Waals surface area contributed by atoms with Crippen molar-refractivity contribution in [2.24, 2.45) is 0 Å². The predicted octanol–water partition coefficient (Wildman–Crippen LogP) is 13.0. The summed E-state index contributed by atoms with van der Waals surface area (Å²) in [5.41, 5.74) is 10.5. The molecule has 8 aromatic carbocycles. The molecule has 0 unspecified atom stereocenters. The first-order valence-electron chi connectivity index (χ1n) is 19.3. The Morgan fingerprint density at radius 1 is 0.362 bits per heavy atom. The van der Waals surface area contributed by atoms with Gasteiger partial charge in [-0.15, -0.1) is 0 Å². The monoisotopic (exact) mass is 745 g/mol. The summed E-state index contributed by atoms with van der Waals surface area (Å²) >= 11 is 0. The lowest BCUT2D eigenvalue weighted by Gasteiger charge is -2.34. The Balaban J connectivity index is 1.04. The standard InChI is InChI=1S/C52H31N3O3/c1-2-13-32(14-3-1)49-53-50(55-51(54-49)40-19-12-18-39-38-17-6-9-22-43(38)58-48(39)40)33-25-27-34(28-26-33)52(41-20-7-4-15-36(41)37-16-5-8-21-42(37)52)35-29-30-46-47(31-35)57-45-24-11-10-23-44(45)56-46/h1-31H. The lowest BCUT2D eigenvalue weighted by molar-refractivity contribution is 0.359. The van der Waals surface area contributed by atoms with Gasteiger partial charge in [0.2, 0.25) is 0 Å². The molecule has 0 saturated heterocycles. The maximum Gasteiger partial charge on any atom is 0.170 e. The second-order valence-corrected chi connectivity index (χ2v) is 14.7. The molecular formula is C52H31N3O3. The topological polar surface area (TPSA) is 70.3 Å². The summed E-state index contributed by atoms with van der Waals surface area (Å²) in [7, 11) is 0. The summed E-state index contributed by atoms with van der Waals surface area (Å²) in [6.07, 6.45) is 0. The average molecular weight is 746 g/mol. The number of furan rings is 1. The Hall–Kier alpha value is -7.83. The van der Waals surface area contributed by atoms with Crippen molar-refractivity contribution in [2.45, 2.75) is 5.41 Å². The fraction of sp³-hybridized carbons (Fsp3) is 0.0192. The zero-order valence-electron chi connectivity index (χ0n) is 31.0. The Labute approximate surface area is 333 Å². The maximum atomic E-state index is 6.50. The highest BCUT2D eigenvalue weighted by Crippen LogP contribution is 2.58. The van der Waals surface area contributed by atoms with Crippen LogP contribution in [0.3, 0.4) is 0 Å². The lowest BCUT2D eigenvalue weighted by atomic mass is 9.67. The molecule has 0 radical (unpaired) electrons. The molecule has 0 N–H and O–H groups in total. The van der Waals surface area contributed by atoms with Gasteiger partial charge in [0.15, 0.2) is 40.5 Å². The van der Waals surface area contributed by atoms with Crippen LogP contribution in [0.2, 0.25) is 0 Å². The van der Waals surface area contributed by atoms with Crippen LogP contribution in [-0.2, 0) is 5.41 Å². The highest BCUT2D eigenvalue weighted by atomic mass is 16.6. The van der Waals surface area contributed by atoms with Gasteiger partial charge in [0.05, 0.1) is 11.0 Å². The summed E-state index contributed by atoms with van der Waals surface area (Å²) in [5.74, 6) is 4.47. The second-order valence-electron chi connectivity index (χ2n) is 14.7. The Morgan fingerprint density at radius 2 is 0.897 bits per heavy atom. The number of rotatable bonds is 5. The van der Waals surface area contributed by atoms with Gasteiger partial charge in [-0.2, -0.15) is 0 Å². The van der Waals surface area contributed by atoms with E-state index >= 15 is 0 Å². The molecule has 0 fully saturated rings. The van der Waals surface area contributed by atoms with Crippen LogP contribution in [0.1, 0.15) is 22.3 Å². The average Bonchev–Trinajstić information content (AvgIpc) is 3.83. The molecule has 0 amide bonds. The summed E-state index contributed by atoms with van der Waals surface area (Å²) in [6, 6.07) is 64.5. The molecule has 1 aliphatic heterocycles. The normalized spacial score (nSPS) is 13.2. The number of benzene rings is 8. The molecule has 12 rings (SSSR count). The smallest absolute Gasteiger partial charge is 0.170 e. The third kappa shape index (κ3) is 4.82. The summed E-state index contributed by atoms with van der Waals surface area (Å²) < 4.78 is 19.3. The van der Waals surface area contributed by atoms with Crippen LogP contribution in [0, 0.1) is 0 Å². The first kappa shape index (κ1) is 32.4. The highest BCUT2D eigenvalue weighted by Gasteiger charge is 2.46. The number of para-hydroxylation sites is 4. The van der Waals surface area contributed by atoms with Crippen molar-refractivity contribution >= 4 is 21.9 Å². The Bertz CT molecular complexity index is 3200. The van der Waals surface area contributed by atoms with E-state index in [2.05, 4.69) is 97.1 Å². The van der Waals surface area contributed by atoms with Gasteiger partial charge in [-0.25, -0.2) is 15.0 Å². The molecule has 0 spiro atoms. The van der Waals surface area contributed by atoms with E-state index in [1.165, 1.54) is 22.3 Å². The molecule has 6 heteroatoms. The molecule has 10 aromatic rings. The molecule has 0 atom stereocenters. The molecule has 2 aliphatic rings. The summed E-state index contributed by atoms with van der Waals surface area (Å²) in [6.45, 7) is 0. The Morgan fingerprint density at radius 3 is 1.64 bits per heavy atom. The van der Waals surface area contributed by atoms with E-state index in [1.54, 1.807) is 0 Å². The van der Waals surface area contributed by atoms with E-state index in [-0.39, 0.29) is 0 Å². The largest absolute Gasteiger partial charge is 0.455 e. The molecule has 6 nitrogen and oxygen atoms in total. The van der Waals surface area contributed by atoms with Crippen LogP contribution in [0.4, 0.5) is 0 Å². The number of hydrogen-bond donors (Lipinski definition) is 0. The van der Waals surface area contributed by atoms with Gasteiger partial charge >= 0.3 is 0 Å². The van der Waals surface area contributed by atoms with Crippen LogP contribution in [0.15, 0.2) is 192 Å². The minimum absolute atomic E-state index is 0.547. The van der Waals surface area contributed by atoms with Crippen molar-refractivity contribution < 1.29 is 13.9 Å². The van der Waals surface area contributed by atoms with E-state index in [0.717, 1.165) is 49.8 Å². The number of aromatic nitrogens is 3. The Kier molecular flexibility index (Phi) is 7.04. The van der Waals surface area contributed by atoms with Crippen LogP contribution in [0.25, 0.3) is 67.2 Å². The van der Waals surface area contributed by atoms with E-state index in [0.29, 0.717) is 40.5 Å². The first-order valence-corrected chi connectivity index (χ1v) is 19.3. The maximum absolute atomic E-state index is 6.50. The van der Waals surface area contributed by atoms with E-state index in [4.69, 9.17) is 28.8 Å². The minimum Gasteiger partial charge on any atom is -0.455 e. The quantitative estimate of drug-likeness (QED) is 0.175. The SMILES string of the molecule is c1ccc(-c2nc(-c3ccc(C4(c5ccc6c(c5)Oc5ccccc5O6)c5ccccc5-c5ccccc54)cc3)nc(-c3cccc4c3oc3ccccc34)n2)cc1. The zero-order chi connectivity index (χ0) is 38.2. The van der Waals surface area contributed by atoms with Gasteiger partial charge in [-0.1, -0.05) is 152 Å². The summed E-state index contributed by atoms with van der Waals surface area (Å²) in [5, 5.41) is 2.07. The van der Waals surface area contributed by atoms with Crippen LogP contribution in [0.5, 0.6) is 23.0 Å². The van der Waals surface area contributed by atoms with E-state index < -0.39 is 5.41 Å². The molecule has 0 saturated carbocycles. The van der Waals surface area contributed by atoms with Crippen LogP contribution >= 0.6 is 0 Å². The first-order chi connectivity index (χ1) is 28.7. The number of nitrogens with zero attached hydrogens (tertiary/aromatic N) is 3. The van der Waals surface area contributed by atoms with Crippen molar-refractivity contribution in [1.82, 2.24) is 15.0 Å². The molecular weight excluding hydrogens is 715 g/mol. The van der Waals surface area contributed by atoms with Gasteiger partial charge in [-0.3, -0.25) is 0 Å². The van der Waals surface area contributed by atoms with Gasteiger partial charge in [0, 0.05) is 21.9 Å². The van der Waals surface area contributed by atoms with E-state index in [9.17, 15) is 0 Å².